The lowest BCUT2D eigenvalue weighted by Gasteiger charge is -2.22. The van der Waals surface area contributed by atoms with Crippen molar-refractivity contribution < 1.29 is 9.90 Å². The summed E-state index contributed by atoms with van der Waals surface area (Å²) in [5.74, 6) is -0.580. The van der Waals surface area contributed by atoms with E-state index in [1.165, 1.54) is 0 Å². The third-order valence-electron chi connectivity index (χ3n) is 4.17. The average Bonchev–Trinajstić information content (AvgIpc) is 2.89. The van der Waals surface area contributed by atoms with Crippen molar-refractivity contribution >= 4 is 23.3 Å². The Balaban J connectivity index is 1.99. The third kappa shape index (κ3) is 3.66. The van der Waals surface area contributed by atoms with Crippen LogP contribution in [-0.4, -0.2) is 24.2 Å². The fraction of sp³-hybridized carbons (Fsp3) is 0.562. The molecule has 0 spiro atoms. The van der Waals surface area contributed by atoms with Crippen molar-refractivity contribution in [3.63, 3.8) is 0 Å². The van der Waals surface area contributed by atoms with E-state index in [0.29, 0.717) is 0 Å². The SMILES string of the molecule is CCCCC(C(=O)O)C1CCN(c2ccc(Cl)cc2)C1. The van der Waals surface area contributed by atoms with Gasteiger partial charge in [0, 0.05) is 23.8 Å². The topological polar surface area (TPSA) is 40.5 Å². The molecule has 2 unspecified atom stereocenters. The summed E-state index contributed by atoms with van der Waals surface area (Å²) >= 11 is 5.90. The number of rotatable bonds is 6. The fourth-order valence-electron chi connectivity index (χ4n) is 2.99. The Labute approximate surface area is 125 Å². The molecule has 110 valence electrons. The second kappa shape index (κ2) is 6.98. The number of carboxylic acids is 1. The molecule has 1 aromatic carbocycles. The number of nitrogens with zero attached hydrogens (tertiary/aromatic N) is 1. The summed E-state index contributed by atoms with van der Waals surface area (Å²) in [5.41, 5.74) is 1.14. The van der Waals surface area contributed by atoms with Gasteiger partial charge in [0.2, 0.25) is 0 Å². The van der Waals surface area contributed by atoms with Crippen molar-refractivity contribution in [2.24, 2.45) is 11.8 Å². The number of halogens is 1. The molecule has 20 heavy (non-hydrogen) atoms. The highest BCUT2D eigenvalue weighted by Gasteiger charge is 2.33. The van der Waals surface area contributed by atoms with Crippen LogP contribution in [0.25, 0.3) is 0 Å². The van der Waals surface area contributed by atoms with Gasteiger partial charge in [-0.05, 0) is 43.0 Å². The number of unbranched alkanes of at least 4 members (excludes halogenated alkanes) is 1. The van der Waals surface area contributed by atoms with E-state index in [0.717, 1.165) is 49.5 Å². The predicted octanol–water partition coefficient (Wildman–Crippen LogP) is 4.06. The number of aliphatic carboxylic acids is 1. The lowest BCUT2D eigenvalue weighted by molar-refractivity contribution is -0.143. The van der Waals surface area contributed by atoms with E-state index in [2.05, 4.69) is 11.8 Å². The van der Waals surface area contributed by atoms with Crippen LogP contribution in [0.5, 0.6) is 0 Å². The van der Waals surface area contributed by atoms with Crippen LogP contribution < -0.4 is 4.90 Å². The minimum atomic E-state index is -0.638. The third-order valence-corrected chi connectivity index (χ3v) is 4.42. The standard InChI is InChI=1S/C16H22ClNO2/c1-2-3-4-15(16(19)20)12-9-10-18(11-12)14-7-5-13(17)6-8-14/h5-8,12,15H,2-4,9-11H2,1H3,(H,19,20). The molecule has 1 aromatic rings. The first-order valence-corrected chi connectivity index (χ1v) is 7.73. The van der Waals surface area contributed by atoms with Crippen LogP contribution in [0.1, 0.15) is 32.6 Å². The van der Waals surface area contributed by atoms with Gasteiger partial charge in [-0.25, -0.2) is 0 Å². The summed E-state index contributed by atoms with van der Waals surface area (Å²) in [4.78, 5) is 13.7. The molecular weight excluding hydrogens is 274 g/mol. The Morgan fingerprint density at radius 1 is 1.45 bits per heavy atom. The van der Waals surface area contributed by atoms with E-state index in [1.807, 2.05) is 24.3 Å². The Morgan fingerprint density at radius 2 is 2.15 bits per heavy atom. The Morgan fingerprint density at radius 3 is 2.75 bits per heavy atom. The molecule has 0 bridgehead atoms. The molecule has 1 heterocycles. The molecule has 1 saturated heterocycles. The van der Waals surface area contributed by atoms with Gasteiger partial charge < -0.3 is 10.0 Å². The number of anilines is 1. The van der Waals surface area contributed by atoms with Gasteiger partial charge in [-0.15, -0.1) is 0 Å². The van der Waals surface area contributed by atoms with Crippen molar-refractivity contribution in [2.45, 2.75) is 32.6 Å². The monoisotopic (exact) mass is 295 g/mol. The summed E-state index contributed by atoms with van der Waals surface area (Å²) < 4.78 is 0. The smallest absolute Gasteiger partial charge is 0.306 e. The Hall–Kier alpha value is -1.22. The highest BCUT2D eigenvalue weighted by atomic mass is 35.5. The number of hydrogen-bond donors (Lipinski definition) is 1. The van der Waals surface area contributed by atoms with Crippen LogP contribution in [0, 0.1) is 11.8 Å². The van der Waals surface area contributed by atoms with Crippen molar-refractivity contribution in [1.29, 1.82) is 0 Å². The van der Waals surface area contributed by atoms with Gasteiger partial charge in [0.15, 0.2) is 0 Å². The second-order valence-corrected chi connectivity index (χ2v) is 5.99. The van der Waals surface area contributed by atoms with Crippen LogP contribution >= 0.6 is 11.6 Å². The number of carboxylic acid groups (broad SMARTS) is 1. The van der Waals surface area contributed by atoms with Crippen molar-refractivity contribution in [3.05, 3.63) is 29.3 Å². The summed E-state index contributed by atoms with van der Waals surface area (Å²) in [6.45, 7) is 3.87. The Kier molecular flexibility index (Phi) is 5.30. The van der Waals surface area contributed by atoms with Crippen molar-refractivity contribution in [2.75, 3.05) is 18.0 Å². The van der Waals surface area contributed by atoms with Gasteiger partial charge in [-0.2, -0.15) is 0 Å². The zero-order chi connectivity index (χ0) is 14.5. The molecular formula is C16H22ClNO2. The summed E-state index contributed by atoms with van der Waals surface area (Å²) in [7, 11) is 0. The summed E-state index contributed by atoms with van der Waals surface area (Å²) in [6, 6.07) is 7.78. The molecule has 3 nitrogen and oxygen atoms in total. The van der Waals surface area contributed by atoms with E-state index in [9.17, 15) is 9.90 Å². The maximum absolute atomic E-state index is 11.4. The van der Waals surface area contributed by atoms with Crippen molar-refractivity contribution in [3.8, 4) is 0 Å². The molecule has 1 N–H and O–H groups in total. The second-order valence-electron chi connectivity index (χ2n) is 5.56. The molecule has 0 amide bonds. The average molecular weight is 296 g/mol. The lowest BCUT2D eigenvalue weighted by Crippen LogP contribution is -2.27. The molecule has 2 atom stereocenters. The van der Waals surface area contributed by atoms with E-state index in [4.69, 9.17) is 11.6 Å². The van der Waals surface area contributed by atoms with Crippen LogP contribution in [0.15, 0.2) is 24.3 Å². The molecule has 0 saturated carbocycles. The van der Waals surface area contributed by atoms with E-state index >= 15 is 0 Å². The fourth-order valence-corrected chi connectivity index (χ4v) is 3.11. The largest absolute Gasteiger partial charge is 0.481 e. The predicted molar refractivity (Wildman–Crippen MR) is 82.4 cm³/mol. The minimum Gasteiger partial charge on any atom is -0.481 e. The minimum absolute atomic E-state index is 0.202. The number of benzene rings is 1. The maximum Gasteiger partial charge on any atom is 0.306 e. The maximum atomic E-state index is 11.4. The molecule has 1 fully saturated rings. The lowest BCUT2D eigenvalue weighted by atomic mass is 9.87. The first kappa shape index (κ1) is 15.2. The zero-order valence-corrected chi connectivity index (χ0v) is 12.6. The summed E-state index contributed by atoms with van der Waals surface area (Å²) in [5, 5.41) is 10.1. The van der Waals surface area contributed by atoms with Gasteiger partial charge in [0.05, 0.1) is 5.92 Å². The zero-order valence-electron chi connectivity index (χ0n) is 11.9. The first-order chi connectivity index (χ1) is 9.61. The van der Waals surface area contributed by atoms with Gasteiger partial charge in [-0.1, -0.05) is 31.4 Å². The molecule has 2 rings (SSSR count). The molecule has 0 aliphatic carbocycles. The normalized spacial score (nSPS) is 20.1. The number of carbonyl (C=O) groups is 1. The van der Waals surface area contributed by atoms with E-state index in [1.54, 1.807) is 0 Å². The van der Waals surface area contributed by atoms with E-state index in [-0.39, 0.29) is 11.8 Å². The van der Waals surface area contributed by atoms with Crippen LogP contribution in [0.2, 0.25) is 5.02 Å². The highest BCUT2D eigenvalue weighted by Crippen LogP contribution is 2.31. The summed E-state index contributed by atoms with van der Waals surface area (Å²) in [6.07, 6.45) is 3.81. The molecule has 1 aliphatic rings. The number of hydrogen-bond acceptors (Lipinski definition) is 2. The first-order valence-electron chi connectivity index (χ1n) is 7.35. The van der Waals surface area contributed by atoms with E-state index < -0.39 is 5.97 Å². The molecule has 1 aliphatic heterocycles. The van der Waals surface area contributed by atoms with Gasteiger partial charge >= 0.3 is 5.97 Å². The van der Waals surface area contributed by atoms with Crippen LogP contribution in [0.4, 0.5) is 5.69 Å². The van der Waals surface area contributed by atoms with Crippen LogP contribution in [-0.2, 0) is 4.79 Å². The van der Waals surface area contributed by atoms with Gasteiger partial charge in [-0.3, -0.25) is 4.79 Å². The van der Waals surface area contributed by atoms with Gasteiger partial charge in [0.25, 0.3) is 0 Å². The highest BCUT2D eigenvalue weighted by molar-refractivity contribution is 6.30. The van der Waals surface area contributed by atoms with Gasteiger partial charge in [0.1, 0.15) is 0 Å². The molecule has 0 aromatic heterocycles. The molecule has 0 radical (unpaired) electrons. The Bertz CT molecular complexity index is 446. The quantitative estimate of drug-likeness (QED) is 0.860. The molecule has 4 heteroatoms. The van der Waals surface area contributed by atoms with Crippen molar-refractivity contribution in [1.82, 2.24) is 0 Å². The van der Waals surface area contributed by atoms with Crippen LogP contribution in [0.3, 0.4) is 0 Å².